The number of carbonyl (C=O) groups excluding carboxylic acids is 2. The highest BCUT2D eigenvalue weighted by molar-refractivity contribution is 7.89. The first-order valence-electron chi connectivity index (χ1n) is 8.08. The van der Waals surface area contributed by atoms with Gasteiger partial charge in [-0.05, 0) is 38.0 Å². The molecule has 10 heteroatoms. The third kappa shape index (κ3) is 6.50. The zero-order valence-corrected chi connectivity index (χ0v) is 17.0. The lowest BCUT2D eigenvalue weighted by Gasteiger charge is -2.27. The van der Waals surface area contributed by atoms with Crippen molar-refractivity contribution in [3.8, 4) is 6.07 Å². The fraction of sp³-hybridized carbons (Fsp3) is 0.471. The maximum Gasteiger partial charge on any atom is 0.324 e. The van der Waals surface area contributed by atoms with Crippen LogP contribution in [0.5, 0.6) is 0 Å². The lowest BCUT2D eigenvalue weighted by Crippen LogP contribution is -2.50. The number of esters is 1. The average Bonchev–Trinajstić information content (AvgIpc) is 2.58. The number of ether oxygens (including phenoxy) is 1. The summed E-state index contributed by atoms with van der Waals surface area (Å²) in [4.78, 5) is 23.8. The molecule has 0 aliphatic heterocycles. The molecule has 8 nitrogen and oxygen atoms in total. The molecule has 1 amide bonds. The lowest BCUT2D eigenvalue weighted by atomic mass is 9.90. The molecule has 0 bridgehead atoms. The average molecular weight is 416 g/mol. The van der Waals surface area contributed by atoms with Gasteiger partial charge in [-0.1, -0.05) is 31.5 Å². The molecule has 0 radical (unpaired) electrons. The van der Waals surface area contributed by atoms with E-state index in [1.165, 1.54) is 31.2 Å². The zero-order chi connectivity index (χ0) is 20.8. The fourth-order valence-corrected chi connectivity index (χ4v) is 3.36. The molecule has 1 rings (SSSR count). The molecule has 0 fully saturated rings. The summed E-state index contributed by atoms with van der Waals surface area (Å²) in [5.41, 5.74) is -1.11. The molecule has 2 N–H and O–H groups in total. The number of rotatable bonds is 8. The first-order valence-corrected chi connectivity index (χ1v) is 9.94. The first-order chi connectivity index (χ1) is 12.4. The predicted octanol–water partition coefficient (Wildman–Crippen LogP) is 1.60. The van der Waals surface area contributed by atoms with Crippen molar-refractivity contribution in [1.29, 1.82) is 5.26 Å². The molecule has 0 aliphatic carbocycles. The second-order valence-electron chi connectivity index (χ2n) is 6.43. The van der Waals surface area contributed by atoms with Crippen molar-refractivity contribution in [1.82, 2.24) is 10.0 Å². The van der Waals surface area contributed by atoms with Crippen LogP contribution in [0.25, 0.3) is 0 Å². The van der Waals surface area contributed by atoms with E-state index in [9.17, 15) is 18.0 Å². The Hall–Kier alpha value is -2.15. The molecule has 0 aliphatic rings. The Morgan fingerprint density at radius 1 is 1.33 bits per heavy atom. The highest BCUT2D eigenvalue weighted by Gasteiger charge is 2.30. The smallest absolute Gasteiger partial charge is 0.324 e. The standard InChI is InChI=1S/C17H22ClN3O5S/c1-11(2)17(4,10-19)20-15(22)9-26-16(23)12(3)21-27(24,25)14-7-5-6-13(18)8-14/h5-8,11-12,21H,9H2,1-4H3,(H,20,22)/t12-,17-/m0/s1. The van der Waals surface area contributed by atoms with Crippen molar-refractivity contribution >= 4 is 33.5 Å². The molecule has 27 heavy (non-hydrogen) atoms. The van der Waals surface area contributed by atoms with Crippen LogP contribution in [0.3, 0.4) is 0 Å². The summed E-state index contributed by atoms with van der Waals surface area (Å²) in [6.07, 6.45) is 0. The normalized spacial score (nSPS) is 14.7. The van der Waals surface area contributed by atoms with E-state index in [0.717, 1.165) is 0 Å². The van der Waals surface area contributed by atoms with Crippen molar-refractivity contribution in [2.75, 3.05) is 6.61 Å². The third-order valence-corrected chi connectivity index (χ3v) is 5.70. The van der Waals surface area contributed by atoms with E-state index in [-0.39, 0.29) is 15.8 Å². The van der Waals surface area contributed by atoms with Crippen molar-refractivity contribution < 1.29 is 22.7 Å². The van der Waals surface area contributed by atoms with Gasteiger partial charge < -0.3 is 10.1 Å². The predicted molar refractivity (Wildman–Crippen MR) is 99.2 cm³/mol. The van der Waals surface area contributed by atoms with Crippen LogP contribution >= 0.6 is 11.6 Å². The molecular formula is C17H22ClN3O5S. The molecule has 148 valence electrons. The van der Waals surface area contributed by atoms with Gasteiger partial charge in [0.2, 0.25) is 10.0 Å². The fourth-order valence-electron chi connectivity index (χ4n) is 1.87. The number of hydrogen-bond donors (Lipinski definition) is 2. The summed E-state index contributed by atoms with van der Waals surface area (Å²) >= 11 is 5.77. The Bertz CT molecular complexity index is 850. The monoisotopic (exact) mass is 415 g/mol. The number of sulfonamides is 1. The zero-order valence-electron chi connectivity index (χ0n) is 15.4. The van der Waals surface area contributed by atoms with Gasteiger partial charge in [-0.3, -0.25) is 9.59 Å². The second kappa shape index (κ2) is 9.17. The van der Waals surface area contributed by atoms with Gasteiger partial charge in [0.1, 0.15) is 11.6 Å². The number of nitriles is 1. The van der Waals surface area contributed by atoms with Crippen LogP contribution in [0.1, 0.15) is 27.7 Å². The van der Waals surface area contributed by atoms with Crippen LogP contribution in [0.4, 0.5) is 0 Å². The van der Waals surface area contributed by atoms with Crippen LogP contribution in [0.2, 0.25) is 5.02 Å². The van der Waals surface area contributed by atoms with Crippen molar-refractivity contribution in [2.45, 2.75) is 44.2 Å². The van der Waals surface area contributed by atoms with Crippen LogP contribution in [0, 0.1) is 17.2 Å². The molecule has 0 saturated heterocycles. The molecule has 2 atom stereocenters. The van der Waals surface area contributed by atoms with Crippen molar-refractivity contribution in [3.63, 3.8) is 0 Å². The molecule has 1 aromatic rings. The number of halogens is 1. The summed E-state index contributed by atoms with van der Waals surface area (Å²) < 4.78 is 31.5. The number of hydrogen-bond acceptors (Lipinski definition) is 6. The first kappa shape index (κ1) is 22.9. The Morgan fingerprint density at radius 3 is 2.48 bits per heavy atom. The minimum absolute atomic E-state index is 0.103. The minimum Gasteiger partial charge on any atom is -0.454 e. The Kier molecular flexibility index (Phi) is 7.77. The van der Waals surface area contributed by atoms with Crippen LogP contribution in [0.15, 0.2) is 29.2 Å². The number of carbonyl (C=O) groups is 2. The number of amides is 1. The van der Waals surface area contributed by atoms with Gasteiger partial charge in [0.05, 0.1) is 11.0 Å². The summed E-state index contributed by atoms with van der Waals surface area (Å²) in [5, 5.41) is 11.9. The third-order valence-electron chi connectivity index (χ3n) is 3.92. The number of nitrogens with zero attached hydrogens (tertiary/aromatic N) is 1. The van der Waals surface area contributed by atoms with E-state index >= 15 is 0 Å². The maximum atomic E-state index is 12.2. The Balaban J connectivity index is 2.65. The summed E-state index contributed by atoms with van der Waals surface area (Å²) in [6.45, 7) is 5.74. The molecule has 0 saturated carbocycles. The molecule has 0 aromatic heterocycles. The van der Waals surface area contributed by atoms with Gasteiger partial charge in [0.25, 0.3) is 5.91 Å². The second-order valence-corrected chi connectivity index (χ2v) is 8.58. The van der Waals surface area contributed by atoms with Crippen LogP contribution in [-0.2, 0) is 24.3 Å². The van der Waals surface area contributed by atoms with E-state index in [4.69, 9.17) is 21.6 Å². The van der Waals surface area contributed by atoms with E-state index in [2.05, 4.69) is 10.0 Å². The number of benzene rings is 1. The van der Waals surface area contributed by atoms with E-state index in [1.807, 2.05) is 6.07 Å². The van der Waals surface area contributed by atoms with Gasteiger partial charge in [0, 0.05) is 5.02 Å². The molecule has 1 aromatic carbocycles. The highest BCUT2D eigenvalue weighted by atomic mass is 35.5. The molecule has 0 heterocycles. The van der Waals surface area contributed by atoms with Gasteiger partial charge in [-0.15, -0.1) is 0 Å². The topological polar surface area (TPSA) is 125 Å². The van der Waals surface area contributed by atoms with E-state index < -0.39 is 40.1 Å². The van der Waals surface area contributed by atoms with Gasteiger partial charge in [-0.2, -0.15) is 9.98 Å². The van der Waals surface area contributed by atoms with Crippen molar-refractivity contribution in [2.24, 2.45) is 5.92 Å². The van der Waals surface area contributed by atoms with Crippen LogP contribution in [-0.4, -0.2) is 38.5 Å². The van der Waals surface area contributed by atoms with Gasteiger partial charge in [0.15, 0.2) is 6.61 Å². The Morgan fingerprint density at radius 2 is 1.96 bits per heavy atom. The lowest BCUT2D eigenvalue weighted by molar-refractivity contribution is -0.150. The largest absolute Gasteiger partial charge is 0.454 e. The molecule has 0 unspecified atom stereocenters. The van der Waals surface area contributed by atoms with Gasteiger partial charge >= 0.3 is 5.97 Å². The SMILES string of the molecule is CC(C)[C@](C)(C#N)NC(=O)COC(=O)[C@H](C)NS(=O)(=O)c1cccc(Cl)c1. The summed E-state index contributed by atoms with van der Waals surface area (Å²) in [5.74, 6) is -1.75. The van der Waals surface area contributed by atoms with E-state index in [1.54, 1.807) is 20.8 Å². The van der Waals surface area contributed by atoms with Crippen molar-refractivity contribution in [3.05, 3.63) is 29.3 Å². The van der Waals surface area contributed by atoms with Gasteiger partial charge in [-0.25, -0.2) is 8.42 Å². The molecule has 0 spiro atoms. The Labute approximate surface area is 163 Å². The maximum absolute atomic E-state index is 12.2. The van der Waals surface area contributed by atoms with E-state index in [0.29, 0.717) is 0 Å². The number of nitrogens with one attached hydrogen (secondary N) is 2. The summed E-state index contributed by atoms with van der Waals surface area (Å²) in [7, 11) is -3.99. The molecular weight excluding hydrogens is 394 g/mol. The quantitative estimate of drug-likeness (QED) is 0.621. The summed E-state index contributed by atoms with van der Waals surface area (Å²) in [6, 6.07) is 6.32. The van der Waals surface area contributed by atoms with Crippen LogP contribution < -0.4 is 10.0 Å². The minimum atomic E-state index is -3.99. The highest BCUT2D eigenvalue weighted by Crippen LogP contribution is 2.16.